The molecule has 0 spiro atoms. The number of aromatic amines is 1. The number of H-pyrrole nitrogens is 1. The van der Waals surface area contributed by atoms with Gasteiger partial charge in [-0.2, -0.15) is 8.75 Å². The third kappa shape index (κ3) is 2.21. The average molecular weight is 230 g/mol. The molecule has 0 radical (unpaired) electrons. The van der Waals surface area contributed by atoms with Crippen molar-refractivity contribution in [3.8, 4) is 0 Å². The highest BCUT2D eigenvalue weighted by atomic mass is 35.5. The van der Waals surface area contributed by atoms with E-state index in [4.69, 9.17) is 11.6 Å². The molecule has 0 aliphatic carbocycles. The van der Waals surface area contributed by atoms with Gasteiger partial charge in [0.05, 0.1) is 11.7 Å². The van der Waals surface area contributed by atoms with Crippen molar-refractivity contribution in [3.05, 3.63) is 23.4 Å². The summed E-state index contributed by atoms with van der Waals surface area (Å²) in [5.74, 6) is 1.58. The molecule has 2 N–H and O–H groups in total. The largest absolute Gasteiger partial charge is 0.366 e. The third-order valence-corrected chi connectivity index (χ3v) is 2.55. The Morgan fingerprint density at radius 3 is 3.07 bits per heavy atom. The van der Waals surface area contributed by atoms with E-state index < -0.39 is 0 Å². The zero-order chi connectivity index (χ0) is 9.80. The second-order valence-electron chi connectivity index (χ2n) is 2.62. The Morgan fingerprint density at radius 1 is 1.50 bits per heavy atom. The Hall–Kier alpha value is -1.14. The van der Waals surface area contributed by atoms with Crippen LogP contribution in [0.5, 0.6) is 0 Å². The summed E-state index contributed by atoms with van der Waals surface area (Å²) in [6.45, 7) is 0.735. The Bertz CT molecular complexity index is 384. The number of hydrogen-bond acceptors (Lipinski definition) is 5. The van der Waals surface area contributed by atoms with Crippen molar-refractivity contribution < 1.29 is 0 Å². The molecule has 2 rings (SSSR count). The van der Waals surface area contributed by atoms with Gasteiger partial charge in [-0.1, -0.05) is 11.6 Å². The number of aromatic nitrogens is 4. The van der Waals surface area contributed by atoms with Crippen molar-refractivity contribution in [2.75, 3.05) is 11.9 Å². The van der Waals surface area contributed by atoms with Crippen molar-refractivity contribution in [1.29, 1.82) is 0 Å². The second-order valence-corrected chi connectivity index (χ2v) is 3.50. The summed E-state index contributed by atoms with van der Waals surface area (Å²) in [5.41, 5.74) is 0. The first-order valence-electron chi connectivity index (χ1n) is 4.06. The van der Waals surface area contributed by atoms with Gasteiger partial charge in [0.25, 0.3) is 0 Å². The van der Waals surface area contributed by atoms with E-state index in [1.165, 1.54) is 0 Å². The van der Waals surface area contributed by atoms with E-state index in [9.17, 15) is 0 Å². The van der Waals surface area contributed by atoms with Crippen molar-refractivity contribution in [2.45, 2.75) is 6.42 Å². The standard InChI is InChI=1S/C7H8ClN5S/c8-6-7(13-14-12-6)11-2-1-5-9-3-4-10-5/h3-4H,1-2H2,(H,9,10)(H,11,13). The Morgan fingerprint density at radius 2 is 2.43 bits per heavy atom. The lowest BCUT2D eigenvalue weighted by Crippen LogP contribution is -2.06. The zero-order valence-electron chi connectivity index (χ0n) is 7.20. The molecule has 0 atom stereocenters. The molecule has 2 aromatic heterocycles. The maximum Gasteiger partial charge on any atom is 0.186 e. The maximum absolute atomic E-state index is 5.75. The van der Waals surface area contributed by atoms with Crippen LogP contribution in [0.4, 0.5) is 5.82 Å². The minimum absolute atomic E-state index is 0.425. The van der Waals surface area contributed by atoms with Crippen LogP contribution in [0.1, 0.15) is 5.82 Å². The van der Waals surface area contributed by atoms with Crippen LogP contribution in [-0.4, -0.2) is 25.3 Å². The predicted octanol–water partition coefficient (Wildman–Crippen LogP) is 1.57. The summed E-state index contributed by atoms with van der Waals surface area (Å²) < 4.78 is 7.83. The monoisotopic (exact) mass is 229 g/mol. The van der Waals surface area contributed by atoms with Crippen molar-refractivity contribution in [1.82, 2.24) is 18.7 Å². The number of rotatable bonds is 4. The summed E-state index contributed by atoms with van der Waals surface area (Å²) in [6, 6.07) is 0. The van der Waals surface area contributed by atoms with Crippen LogP contribution in [0, 0.1) is 0 Å². The third-order valence-electron chi connectivity index (χ3n) is 1.66. The van der Waals surface area contributed by atoms with E-state index >= 15 is 0 Å². The molecular formula is C7H8ClN5S. The van der Waals surface area contributed by atoms with Gasteiger partial charge in [0.2, 0.25) is 0 Å². The first kappa shape index (κ1) is 9.42. The fourth-order valence-corrected chi connectivity index (χ4v) is 1.70. The van der Waals surface area contributed by atoms with Gasteiger partial charge in [-0.3, -0.25) is 0 Å². The number of halogens is 1. The highest BCUT2D eigenvalue weighted by Crippen LogP contribution is 2.17. The Balaban J connectivity index is 1.81. The molecule has 5 nitrogen and oxygen atoms in total. The second kappa shape index (κ2) is 4.39. The maximum atomic E-state index is 5.75. The molecule has 0 unspecified atom stereocenters. The molecule has 0 saturated heterocycles. The van der Waals surface area contributed by atoms with Gasteiger partial charge >= 0.3 is 0 Å². The minimum atomic E-state index is 0.425. The Kier molecular flexibility index (Phi) is 2.95. The lowest BCUT2D eigenvalue weighted by Gasteiger charge is -2.00. The molecule has 0 aliphatic heterocycles. The molecule has 2 aromatic rings. The van der Waals surface area contributed by atoms with E-state index in [1.807, 2.05) is 0 Å². The highest BCUT2D eigenvalue weighted by Gasteiger charge is 2.03. The smallest absolute Gasteiger partial charge is 0.186 e. The van der Waals surface area contributed by atoms with Crippen LogP contribution in [-0.2, 0) is 6.42 Å². The summed E-state index contributed by atoms with van der Waals surface area (Å²) >= 11 is 6.85. The van der Waals surface area contributed by atoms with E-state index in [0.717, 1.165) is 30.5 Å². The molecule has 14 heavy (non-hydrogen) atoms. The van der Waals surface area contributed by atoms with Crippen LogP contribution in [0.15, 0.2) is 12.4 Å². The van der Waals surface area contributed by atoms with Crippen LogP contribution in [0.2, 0.25) is 5.15 Å². The normalized spacial score (nSPS) is 10.4. The van der Waals surface area contributed by atoms with Gasteiger partial charge in [-0.25, -0.2) is 4.98 Å². The Labute approximate surface area is 89.9 Å². The van der Waals surface area contributed by atoms with Crippen LogP contribution in [0.25, 0.3) is 0 Å². The van der Waals surface area contributed by atoms with Crippen molar-refractivity contribution >= 4 is 29.1 Å². The molecule has 0 bridgehead atoms. The molecule has 0 aliphatic rings. The number of imidazole rings is 1. The fraction of sp³-hybridized carbons (Fsp3) is 0.286. The molecular weight excluding hydrogens is 222 g/mol. The molecule has 0 fully saturated rings. The van der Waals surface area contributed by atoms with Crippen molar-refractivity contribution in [3.63, 3.8) is 0 Å². The average Bonchev–Trinajstić information content (AvgIpc) is 2.78. The summed E-state index contributed by atoms with van der Waals surface area (Å²) in [5, 5.41) is 3.50. The van der Waals surface area contributed by atoms with Gasteiger partial charge in [-0.05, 0) is 0 Å². The van der Waals surface area contributed by atoms with Gasteiger partial charge in [-0.15, -0.1) is 0 Å². The zero-order valence-corrected chi connectivity index (χ0v) is 8.77. The van der Waals surface area contributed by atoms with Gasteiger partial charge < -0.3 is 10.3 Å². The molecule has 0 aromatic carbocycles. The van der Waals surface area contributed by atoms with Gasteiger partial charge in [0.1, 0.15) is 5.82 Å². The quantitative estimate of drug-likeness (QED) is 0.835. The molecule has 0 amide bonds. The summed E-state index contributed by atoms with van der Waals surface area (Å²) in [4.78, 5) is 7.11. The number of hydrogen-bond donors (Lipinski definition) is 2. The van der Waals surface area contributed by atoms with E-state index in [-0.39, 0.29) is 0 Å². The van der Waals surface area contributed by atoms with Gasteiger partial charge in [0.15, 0.2) is 11.0 Å². The van der Waals surface area contributed by atoms with E-state index in [1.54, 1.807) is 12.4 Å². The SMILES string of the molecule is Clc1nsnc1NCCc1ncc[nH]1. The lowest BCUT2D eigenvalue weighted by atomic mass is 10.4. The molecule has 74 valence electrons. The summed E-state index contributed by atoms with van der Waals surface area (Å²) in [7, 11) is 0. The van der Waals surface area contributed by atoms with E-state index in [2.05, 4.69) is 24.0 Å². The number of nitrogens with one attached hydrogen (secondary N) is 2. The number of nitrogens with zero attached hydrogens (tertiary/aromatic N) is 3. The van der Waals surface area contributed by atoms with Crippen LogP contribution in [0.3, 0.4) is 0 Å². The van der Waals surface area contributed by atoms with Crippen LogP contribution < -0.4 is 5.32 Å². The number of anilines is 1. The summed E-state index contributed by atoms with van der Waals surface area (Å²) in [6.07, 6.45) is 4.33. The minimum Gasteiger partial charge on any atom is -0.366 e. The topological polar surface area (TPSA) is 66.5 Å². The highest BCUT2D eigenvalue weighted by molar-refractivity contribution is 6.99. The van der Waals surface area contributed by atoms with Crippen molar-refractivity contribution in [2.24, 2.45) is 0 Å². The predicted molar refractivity (Wildman–Crippen MR) is 55.7 cm³/mol. The molecule has 0 saturated carbocycles. The fourth-order valence-electron chi connectivity index (χ4n) is 1.02. The lowest BCUT2D eigenvalue weighted by molar-refractivity contribution is 0.924. The van der Waals surface area contributed by atoms with E-state index in [0.29, 0.717) is 11.0 Å². The first-order chi connectivity index (χ1) is 6.86. The van der Waals surface area contributed by atoms with Gasteiger partial charge in [0, 0.05) is 25.4 Å². The molecule has 7 heteroatoms. The molecule has 2 heterocycles. The first-order valence-corrected chi connectivity index (χ1v) is 5.17. The van der Waals surface area contributed by atoms with Crippen LogP contribution >= 0.6 is 23.3 Å².